The number of hydrogen-bond acceptors (Lipinski definition) is 4. The standard InChI is InChI=1S/C14H18FN3O2S/c1-4-5-18-13(20)16-17-14(18)21-12-6-8(2)11(15)7-10(12)9(3)19/h6-7,9,19H,4-5H2,1-3H3,(H,16,20). The van der Waals surface area contributed by atoms with Gasteiger partial charge in [0.1, 0.15) is 5.82 Å². The van der Waals surface area contributed by atoms with E-state index in [-0.39, 0.29) is 11.5 Å². The Bertz CT molecular complexity index is 694. The van der Waals surface area contributed by atoms with Gasteiger partial charge in [-0.2, -0.15) is 0 Å². The second-order valence-electron chi connectivity index (χ2n) is 4.88. The van der Waals surface area contributed by atoms with Crippen LogP contribution in [0.25, 0.3) is 0 Å². The Kier molecular flexibility index (Phi) is 4.84. The molecule has 0 aliphatic carbocycles. The summed E-state index contributed by atoms with van der Waals surface area (Å²) >= 11 is 1.25. The summed E-state index contributed by atoms with van der Waals surface area (Å²) in [6.45, 7) is 5.77. The van der Waals surface area contributed by atoms with Crippen molar-refractivity contribution in [3.63, 3.8) is 0 Å². The second kappa shape index (κ2) is 6.44. The molecule has 7 heteroatoms. The Morgan fingerprint density at radius 3 is 2.86 bits per heavy atom. The molecule has 2 rings (SSSR count). The largest absolute Gasteiger partial charge is 0.389 e. The highest BCUT2D eigenvalue weighted by molar-refractivity contribution is 7.99. The zero-order valence-electron chi connectivity index (χ0n) is 12.2. The average Bonchev–Trinajstić information content (AvgIpc) is 2.75. The number of nitrogens with zero attached hydrogens (tertiary/aromatic N) is 2. The van der Waals surface area contributed by atoms with Gasteiger partial charge in [0.25, 0.3) is 0 Å². The normalized spacial score (nSPS) is 12.6. The average molecular weight is 311 g/mol. The van der Waals surface area contributed by atoms with Crippen LogP contribution in [-0.2, 0) is 6.54 Å². The van der Waals surface area contributed by atoms with Crippen LogP contribution in [0, 0.1) is 12.7 Å². The molecule has 5 nitrogen and oxygen atoms in total. The number of aromatic nitrogens is 3. The number of benzene rings is 1. The lowest BCUT2D eigenvalue weighted by molar-refractivity contribution is 0.196. The molecule has 21 heavy (non-hydrogen) atoms. The molecule has 0 amide bonds. The van der Waals surface area contributed by atoms with Crippen molar-refractivity contribution in [1.29, 1.82) is 0 Å². The number of nitrogens with one attached hydrogen (secondary N) is 1. The van der Waals surface area contributed by atoms with Crippen LogP contribution in [0.1, 0.15) is 37.5 Å². The number of halogens is 1. The molecule has 114 valence electrons. The van der Waals surface area contributed by atoms with Crippen LogP contribution in [0.3, 0.4) is 0 Å². The summed E-state index contributed by atoms with van der Waals surface area (Å²) in [5.74, 6) is -0.358. The highest BCUT2D eigenvalue weighted by Gasteiger charge is 2.16. The van der Waals surface area contributed by atoms with E-state index in [1.54, 1.807) is 19.9 Å². The van der Waals surface area contributed by atoms with Crippen LogP contribution in [0.4, 0.5) is 4.39 Å². The van der Waals surface area contributed by atoms with Crippen molar-refractivity contribution in [1.82, 2.24) is 14.8 Å². The third-order valence-corrected chi connectivity index (χ3v) is 4.18. The van der Waals surface area contributed by atoms with Crippen molar-refractivity contribution < 1.29 is 9.50 Å². The van der Waals surface area contributed by atoms with Crippen LogP contribution in [0.5, 0.6) is 0 Å². The first-order valence-corrected chi connectivity index (χ1v) is 7.56. The predicted molar refractivity (Wildman–Crippen MR) is 79.0 cm³/mol. The zero-order valence-corrected chi connectivity index (χ0v) is 13.0. The van der Waals surface area contributed by atoms with Gasteiger partial charge < -0.3 is 5.11 Å². The number of aromatic amines is 1. The molecule has 1 atom stereocenters. The highest BCUT2D eigenvalue weighted by Crippen LogP contribution is 2.33. The summed E-state index contributed by atoms with van der Waals surface area (Å²) < 4.78 is 15.2. The maximum atomic E-state index is 13.7. The molecule has 0 aliphatic rings. The van der Waals surface area contributed by atoms with Gasteiger partial charge in [0.2, 0.25) is 0 Å². The summed E-state index contributed by atoms with van der Waals surface area (Å²) in [5.41, 5.74) is 0.709. The molecule has 1 unspecified atom stereocenters. The van der Waals surface area contributed by atoms with Crippen LogP contribution in [-0.4, -0.2) is 19.9 Å². The number of hydrogen-bond donors (Lipinski definition) is 2. The maximum absolute atomic E-state index is 13.7. The molecule has 1 aromatic carbocycles. The van der Waals surface area contributed by atoms with E-state index in [9.17, 15) is 14.3 Å². The molecular weight excluding hydrogens is 293 g/mol. The number of aliphatic hydroxyl groups excluding tert-OH is 1. The summed E-state index contributed by atoms with van der Waals surface area (Å²) in [6, 6.07) is 2.99. The first-order valence-electron chi connectivity index (χ1n) is 6.75. The Balaban J connectivity index is 2.44. The van der Waals surface area contributed by atoms with Crippen molar-refractivity contribution in [2.45, 2.75) is 49.9 Å². The number of rotatable bonds is 5. The van der Waals surface area contributed by atoms with Crippen molar-refractivity contribution in [3.8, 4) is 0 Å². The Morgan fingerprint density at radius 1 is 1.52 bits per heavy atom. The number of aliphatic hydroxyl groups is 1. The van der Waals surface area contributed by atoms with E-state index >= 15 is 0 Å². The molecule has 0 radical (unpaired) electrons. The van der Waals surface area contributed by atoms with Crippen LogP contribution in [0.15, 0.2) is 27.0 Å². The minimum atomic E-state index is -0.798. The molecule has 0 saturated carbocycles. The van der Waals surface area contributed by atoms with Crippen molar-refractivity contribution >= 4 is 11.8 Å². The minimum absolute atomic E-state index is 0.267. The number of aryl methyl sites for hydroxylation is 1. The Hall–Kier alpha value is -1.60. The molecule has 0 fully saturated rings. The fourth-order valence-corrected chi connectivity index (χ4v) is 3.14. The third kappa shape index (κ3) is 3.36. The minimum Gasteiger partial charge on any atom is -0.389 e. The van der Waals surface area contributed by atoms with Gasteiger partial charge in [0.05, 0.1) is 6.10 Å². The van der Waals surface area contributed by atoms with E-state index in [1.807, 2.05) is 6.92 Å². The molecule has 0 aliphatic heterocycles. The van der Waals surface area contributed by atoms with E-state index in [2.05, 4.69) is 10.2 Å². The Morgan fingerprint density at radius 2 is 2.24 bits per heavy atom. The smallest absolute Gasteiger partial charge is 0.343 e. The molecule has 0 spiro atoms. The van der Waals surface area contributed by atoms with E-state index in [0.29, 0.717) is 27.7 Å². The first kappa shape index (κ1) is 15.8. The van der Waals surface area contributed by atoms with E-state index in [1.165, 1.54) is 22.4 Å². The van der Waals surface area contributed by atoms with Crippen molar-refractivity contribution in [2.24, 2.45) is 0 Å². The third-order valence-electron chi connectivity index (χ3n) is 3.11. The first-order chi connectivity index (χ1) is 9.93. The van der Waals surface area contributed by atoms with Crippen molar-refractivity contribution in [3.05, 3.63) is 39.6 Å². The van der Waals surface area contributed by atoms with E-state index in [4.69, 9.17) is 0 Å². The fraction of sp³-hybridized carbons (Fsp3) is 0.429. The fourth-order valence-electron chi connectivity index (χ4n) is 1.99. The predicted octanol–water partition coefficient (Wildman–Crippen LogP) is 2.63. The molecule has 1 aromatic heterocycles. The molecule has 0 bridgehead atoms. The van der Waals surface area contributed by atoms with Gasteiger partial charge in [-0.3, -0.25) is 4.57 Å². The quantitative estimate of drug-likeness (QED) is 0.890. The topological polar surface area (TPSA) is 70.9 Å². The summed E-state index contributed by atoms with van der Waals surface area (Å²) in [7, 11) is 0. The maximum Gasteiger partial charge on any atom is 0.343 e. The van der Waals surface area contributed by atoms with Crippen LogP contribution < -0.4 is 5.69 Å². The number of H-pyrrole nitrogens is 1. The van der Waals surface area contributed by atoms with Gasteiger partial charge in [-0.25, -0.2) is 14.3 Å². The Labute approximate surface area is 126 Å². The van der Waals surface area contributed by atoms with Crippen LogP contribution in [0.2, 0.25) is 0 Å². The van der Waals surface area contributed by atoms with E-state index in [0.717, 1.165) is 6.42 Å². The molecule has 1 heterocycles. The van der Waals surface area contributed by atoms with Gasteiger partial charge >= 0.3 is 5.69 Å². The second-order valence-corrected chi connectivity index (χ2v) is 5.89. The monoisotopic (exact) mass is 311 g/mol. The van der Waals surface area contributed by atoms with Gasteiger partial charge in [0, 0.05) is 11.4 Å². The molecular formula is C14H18FN3O2S. The molecule has 0 saturated heterocycles. The summed E-state index contributed by atoms with van der Waals surface area (Å²) in [6.07, 6.45) is 0.00602. The molecule has 2 N–H and O–H groups in total. The van der Waals surface area contributed by atoms with Gasteiger partial charge in [-0.1, -0.05) is 6.92 Å². The van der Waals surface area contributed by atoms with Crippen molar-refractivity contribution in [2.75, 3.05) is 0 Å². The highest BCUT2D eigenvalue weighted by atomic mass is 32.2. The van der Waals surface area contributed by atoms with Crippen LogP contribution >= 0.6 is 11.8 Å². The zero-order chi connectivity index (χ0) is 15.6. The van der Waals surface area contributed by atoms with Gasteiger partial charge in [-0.05, 0) is 55.3 Å². The summed E-state index contributed by atoms with van der Waals surface area (Å²) in [4.78, 5) is 12.4. The van der Waals surface area contributed by atoms with Gasteiger partial charge in [0.15, 0.2) is 5.16 Å². The summed E-state index contributed by atoms with van der Waals surface area (Å²) in [5, 5.41) is 16.7. The lowest BCUT2D eigenvalue weighted by Crippen LogP contribution is -2.17. The van der Waals surface area contributed by atoms with E-state index < -0.39 is 6.10 Å². The SMILES string of the molecule is CCCn1c(Sc2cc(C)c(F)cc2C(C)O)n[nH]c1=O. The lowest BCUT2D eigenvalue weighted by Gasteiger charge is -2.13. The lowest BCUT2D eigenvalue weighted by atomic mass is 10.1. The van der Waals surface area contributed by atoms with Gasteiger partial charge in [-0.15, -0.1) is 5.10 Å². The molecule has 2 aromatic rings.